The van der Waals surface area contributed by atoms with Crippen molar-refractivity contribution in [1.29, 1.82) is 0 Å². The minimum atomic E-state index is -0.586. The number of para-hydroxylation sites is 1. The van der Waals surface area contributed by atoms with E-state index in [2.05, 4.69) is 5.10 Å². The van der Waals surface area contributed by atoms with Crippen molar-refractivity contribution < 1.29 is 9.31 Å². The predicted octanol–water partition coefficient (Wildman–Crippen LogP) is 3.53. The average Bonchev–Trinajstić information content (AvgIpc) is 2.67. The molecule has 0 amide bonds. The molecule has 0 spiro atoms. The molecule has 0 saturated carbocycles. The third-order valence-electron chi connectivity index (χ3n) is 2.63. The van der Waals surface area contributed by atoms with Gasteiger partial charge >= 0.3 is 5.69 Å². The molecule has 19 heavy (non-hydrogen) atoms. The number of aryl methyl sites for hydroxylation is 1. The van der Waals surface area contributed by atoms with E-state index >= 15 is 0 Å². The van der Waals surface area contributed by atoms with Crippen LogP contribution in [-0.2, 0) is 6.42 Å². The molecule has 0 atom stereocenters. The zero-order chi connectivity index (χ0) is 14.0. The topological polar surface area (TPSA) is 61.0 Å². The van der Waals surface area contributed by atoms with Gasteiger partial charge in [0, 0.05) is 0 Å². The molecule has 0 saturated heterocycles. The van der Waals surface area contributed by atoms with Crippen molar-refractivity contribution in [2.45, 2.75) is 19.8 Å². The van der Waals surface area contributed by atoms with Crippen molar-refractivity contribution >= 4 is 17.3 Å². The molecule has 2 rings (SSSR count). The lowest BCUT2D eigenvalue weighted by molar-refractivity contribution is -0.385. The molecule has 0 aliphatic carbocycles. The molecule has 2 aromatic rings. The lowest BCUT2D eigenvalue weighted by atomic mass is 10.2. The van der Waals surface area contributed by atoms with Gasteiger partial charge < -0.3 is 0 Å². The van der Waals surface area contributed by atoms with Gasteiger partial charge in [0.05, 0.1) is 4.92 Å². The Morgan fingerprint density at radius 1 is 1.47 bits per heavy atom. The molecule has 7 heteroatoms. The summed E-state index contributed by atoms with van der Waals surface area (Å²) in [5.74, 6) is -0.537. The fraction of sp³-hybridized carbons (Fsp3) is 0.250. The average molecular weight is 284 g/mol. The number of rotatable bonds is 4. The molecular weight excluding hydrogens is 273 g/mol. The molecule has 1 aromatic heterocycles. The van der Waals surface area contributed by atoms with Crippen molar-refractivity contribution in [3.63, 3.8) is 0 Å². The third kappa shape index (κ3) is 2.44. The lowest BCUT2D eigenvalue weighted by Crippen LogP contribution is -2.00. The molecular formula is C12H11ClFN3O2. The van der Waals surface area contributed by atoms with Crippen LogP contribution >= 0.6 is 11.6 Å². The summed E-state index contributed by atoms with van der Waals surface area (Å²) in [6.45, 7) is 1.87. The smallest absolute Gasteiger partial charge is 0.258 e. The lowest BCUT2D eigenvalue weighted by Gasteiger charge is -2.02. The number of aromatic nitrogens is 2. The standard InChI is InChI=1S/C12H11ClFN3O2/c1-2-5-9-11(17(18)19)12(13)16(15-9)10-7-4-3-6-8(10)14/h3-4,6-7H,2,5H2,1H3. The number of hydrogen-bond acceptors (Lipinski definition) is 3. The molecule has 100 valence electrons. The zero-order valence-electron chi connectivity index (χ0n) is 10.1. The Labute approximate surface area is 113 Å². The molecule has 0 fully saturated rings. The fourth-order valence-electron chi connectivity index (χ4n) is 1.80. The van der Waals surface area contributed by atoms with Crippen molar-refractivity contribution in [2.24, 2.45) is 0 Å². The van der Waals surface area contributed by atoms with Crippen molar-refractivity contribution in [3.05, 3.63) is 51.0 Å². The van der Waals surface area contributed by atoms with Crippen LogP contribution < -0.4 is 0 Å². The first kappa shape index (κ1) is 13.5. The van der Waals surface area contributed by atoms with Gasteiger partial charge in [0.25, 0.3) is 0 Å². The third-order valence-corrected chi connectivity index (χ3v) is 2.96. The Morgan fingerprint density at radius 3 is 2.74 bits per heavy atom. The summed E-state index contributed by atoms with van der Waals surface area (Å²) >= 11 is 5.96. The molecule has 5 nitrogen and oxygen atoms in total. The van der Waals surface area contributed by atoms with E-state index in [1.165, 1.54) is 18.2 Å². The molecule has 0 N–H and O–H groups in total. The highest BCUT2D eigenvalue weighted by Gasteiger charge is 2.27. The highest BCUT2D eigenvalue weighted by molar-refractivity contribution is 6.32. The van der Waals surface area contributed by atoms with Crippen LogP contribution in [0.25, 0.3) is 5.69 Å². The Bertz CT molecular complexity index is 627. The van der Waals surface area contributed by atoms with Gasteiger partial charge in [-0.3, -0.25) is 10.1 Å². The highest BCUT2D eigenvalue weighted by atomic mass is 35.5. The van der Waals surface area contributed by atoms with Gasteiger partial charge in [-0.25, -0.2) is 9.07 Å². The zero-order valence-corrected chi connectivity index (χ0v) is 10.9. The SMILES string of the molecule is CCCc1nn(-c2ccccc2F)c(Cl)c1[N+](=O)[O-]. The van der Waals surface area contributed by atoms with Gasteiger partial charge in [-0.15, -0.1) is 0 Å². The molecule has 1 heterocycles. The summed E-state index contributed by atoms with van der Waals surface area (Å²) < 4.78 is 14.8. The first-order valence-corrected chi connectivity index (χ1v) is 6.10. The van der Waals surface area contributed by atoms with E-state index in [9.17, 15) is 14.5 Å². The number of hydrogen-bond donors (Lipinski definition) is 0. The molecule has 0 aliphatic rings. The van der Waals surface area contributed by atoms with Gasteiger partial charge in [0.2, 0.25) is 5.15 Å². The summed E-state index contributed by atoms with van der Waals surface area (Å²) in [7, 11) is 0. The van der Waals surface area contributed by atoms with E-state index in [-0.39, 0.29) is 22.2 Å². The van der Waals surface area contributed by atoms with Gasteiger partial charge in [-0.1, -0.05) is 37.1 Å². The molecule has 0 bridgehead atoms. The summed E-state index contributed by atoms with van der Waals surface area (Å²) in [6, 6.07) is 5.85. The van der Waals surface area contributed by atoms with E-state index < -0.39 is 10.7 Å². The molecule has 0 aliphatic heterocycles. The van der Waals surface area contributed by atoms with Gasteiger partial charge in [0.15, 0.2) is 0 Å². The van der Waals surface area contributed by atoms with Crippen LogP contribution in [0.2, 0.25) is 5.15 Å². The van der Waals surface area contributed by atoms with Gasteiger partial charge in [-0.2, -0.15) is 5.10 Å². The maximum absolute atomic E-state index is 13.7. The van der Waals surface area contributed by atoms with Crippen LogP contribution in [0.15, 0.2) is 24.3 Å². The van der Waals surface area contributed by atoms with Crippen LogP contribution in [0, 0.1) is 15.9 Å². The molecule has 0 unspecified atom stereocenters. The largest absolute Gasteiger partial charge is 0.329 e. The van der Waals surface area contributed by atoms with Crippen LogP contribution in [0.1, 0.15) is 19.0 Å². The highest BCUT2D eigenvalue weighted by Crippen LogP contribution is 2.31. The second-order valence-corrected chi connectivity index (χ2v) is 4.31. The maximum Gasteiger partial charge on any atom is 0.329 e. The Hall–Kier alpha value is -1.95. The van der Waals surface area contributed by atoms with Crippen LogP contribution in [-0.4, -0.2) is 14.7 Å². The number of nitrogens with zero attached hydrogens (tertiary/aromatic N) is 3. The summed E-state index contributed by atoms with van der Waals surface area (Å²) in [5.41, 5.74) is 0.102. The van der Waals surface area contributed by atoms with Crippen molar-refractivity contribution in [1.82, 2.24) is 9.78 Å². The summed E-state index contributed by atoms with van der Waals surface area (Å²) in [4.78, 5) is 10.4. The second-order valence-electron chi connectivity index (χ2n) is 3.96. The van der Waals surface area contributed by atoms with Gasteiger partial charge in [0.1, 0.15) is 17.2 Å². The summed E-state index contributed by atoms with van der Waals surface area (Å²) in [6.07, 6.45) is 1.10. The quantitative estimate of drug-likeness (QED) is 0.637. The first-order valence-electron chi connectivity index (χ1n) is 5.73. The Morgan fingerprint density at radius 2 is 2.16 bits per heavy atom. The fourth-order valence-corrected chi connectivity index (χ4v) is 2.11. The van der Waals surface area contributed by atoms with Gasteiger partial charge in [-0.05, 0) is 18.6 Å². The van der Waals surface area contributed by atoms with E-state index in [1.807, 2.05) is 6.92 Å². The minimum Gasteiger partial charge on any atom is -0.258 e. The Kier molecular flexibility index (Phi) is 3.80. The van der Waals surface area contributed by atoms with E-state index in [4.69, 9.17) is 11.6 Å². The van der Waals surface area contributed by atoms with E-state index in [0.29, 0.717) is 12.8 Å². The van der Waals surface area contributed by atoms with E-state index in [1.54, 1.807) is 6.07 Å². The van der Waals surface area contributed by atoms with E-state index in [0.717, 1.165) is 4.68 Å². The maximum atomic E-state index is 13.7. The molecule has 1 aromatic carbocycles. The van der Waals surface area contributed by atoms with Crippen LogP contribution in [0.4, 0.5) is 10.1 Å². The monoisotopic (exact) mass is 283 g/mol. The number of nitro groups is 1. The predicted molar refractivity (Wildman–Crippen MR) is 69.2 cm³/mol. The van der Waals surface area contributed by atoms with Crippen LogP contribution in [0.3, 0.4) is 0 Å². The normalized spacial score (nSPS) is 10.7. The Balaban J connectivity index is 2.63. The van der Waals surface area contributed by atoms with Crippen molar-refractivity contribution in [2.75, 3.05) is 0 Å². The minimum absolute atomic E-state index is 0.0953. The summed E-state index contributed by atoms with van der Waals surface area (Å²) in [5, 5.41) is 14.9. The van der Waals surface area contributed by atoms with Crippen LogP contribution in [0.5, 0.6) is 0 Å². The van der Waals surface area contributed by atoms with Crippen molar-refractivity contribution in [3.8, 4) is 5.69 Å². The molecule has 0 radical (unpaired) electrons. The second kappa shape index (κ2) is 5.36. The first-order chi connectivity index (χ1) is 9.06. The number of halogens is 2. The number of benzene rings is 1.